The van der Waals surface area contributed by atoms with Crippen LogP contribution in [0.3, 0.4) is 0 Å². The minimum absolute atomic E-state index is 0.515. The van der Waals surface area contributed by atoms with Gasteiger partial charge in [0.05, 0.1) is 24.7 Å². The van der Waals surface area contributed by atoms with E-state index < -0.39 is 0 Å². The molecule has 3 nitrogen and oxygen atoms in total. The van der Waals surface area contributed by atoms with E-state index in [9.17, 15) is 0 Å². The second-order valence-electron chi connectivity index (χ2n) is 4.44. The van der Waals surface area contributed by atoms with Crippen LogP contribution in [0.1, 0.15) is 17.8 Å². The lowest BCUT2D eigenvalue weighted by atomic mass is 10.2. The first-order valence-electron chi connectivity index (χ1n) is 6.39. The third-order valence-electron chi connectivity index (χ3n) is 2.91. The first-order chi connectivity index (χ1) is 9.29. The Bertz CT molecular complexity index is 558. The van der Waals surface area contributed by atoms with Crippen molar-refractivity contribution in [3.05, 3.63) is 59.9 Å². The Balaban J connectivity index is 2.17. The van der Waals surface area contributed by atoms with Crippen molar-refractivity contribution in [1.29, 1.82) is 5.26 Å². The average molecular weight is 251 g/mol. The van der Waals surface area contributed by atoms with Crippen molar-refractivity contribution in [2.45, 2.75) is 19.9 Å². The van der Waals surface area contributed by atoms with E-state index in [1.54, 1.807) is 0 Å². The van der Waals surface area contributed by atoms with Crippen LogP contribution in [-0.4, -0.2) is 11.5 Å². The number of pyridine rings is 1. The lowest BCUT2D eigenvalue weighted by Crippen LogP contribution is -2.24. The highest BCUT2D eigenvalue weighted by Crippen LogP contribution is 2.16. The largest absolute Gasteiger partial charge is 0.365 e. The Labute approximate surface area is 114 Å². The van der Waals surface area contributed by atoms with Gasteiger partial charge >= 0.3 is 0 Å². The Morgan fingerprint density at radius 3 is 2.58 bits per heavy atom. The molecule has 0 amide bonds. The van der Waals surface area contributed by atoms with Crippen LogP contribution in [0.15, 0.2) is 48.5 Å². The van der Waals surface area contributed by atoms with E-state index in [2.05, 4.69) is 28.1 Å². The monoisotopic (exact) mass is 251 g/mol. The summed E-state index contributed by atoms with van der Waals surface area (Å²) in [5.74, 6) is 0. The maximum Gasteiger partial charge on any atom is 0.0640 e. The fraction of sp³-hybridized carbons (Fsp3) is 0.250. The average Bonchev–Trinajstić information content (AvgIpc) is 2.44. The molecule has 19 heavy (non-hydrogen) atoms. The van der Waals surface area contributed by atoms with Crippen molar-refractivity contribution >= 4 is 5.69 Å². The highest BCUT2D eigenvalue weighted by atomic mass is 15.1. The summed E-state index contributed by atoms with van der Waals surface area (Å²) in [6.45, 7) is 3.44. The van der Waals surface area contributed by atoms with Gasteiger partial charge < -0.3 is 4.90 Å². The van der Waals surface area contributed by atoms with Gasteiger partial charge in [0.25, 0.3) is 0 Å². The van der Waals surface area contributed by atoms with Gasteiger partial charge in [0.2, 0.25) is 0 Å². The zero-order chi connectivity index (χ0) is 13.5. The summed E-state index contributed by atoms with van der Waals surface area (Å²) in [5, 5.41) is 8.78. The predicted molar refractivity (Wildman–Crippen MR) is 76.7 cm³/mol. The van der Waals surface area contributed by atoms with Gasteiger partial charge in [-0.1, -0.05) is 24.3 Å². The molecule has 0 aliphatic carbocycles. The van der Waals surface area contributed by atoms with Crippen LogP contribution in [-0.2, 0) is 6.54 Å². The first-order valence-corrected chi connectivity index (χ1v) is 6.39. The van der Waals surface area contributed by atoms with Gasteiger partial charge in [-0.2, -0.15) is 5.26 Å². The van der Waals surface area contributed by atoms with Gasteiger partial charge in [0.15, 0.2) is 0 Å². The van der Waals surface area contributed by atoms with Crippen molar-refractivity contribution in [3.8, 4) is 6.07 Å². The molecule has 0 N–H and O–H groups in total. The predicted octanol–water partition coefficient (Wildman–Crippen LogP) is 3.31. The SMILES string of the molecule is Cc1cccc(CN(CCC#N)c2ccccc2)n1. The van der Waals surface area contributed by atoms with Crippen LogP contribution < -0.4 is 4.90 Å². The summed E-state index contributed by atoms with van der Waals surface area (Å²) in [4.78, 5) is 6.71. The van der Waals surface area contributed by atoms with E-state index in [0.29, 0.717) is 6.42 Å². The van der Waals surface area contributed by atoms with Crippen molar-refractivity contribution in [2.75, 3.05) is 11.4 Å². The maximum atomic E-state index is 8.78. The molecule has 2 aromatic rings. The van der Waals surface area contributed by atoms with Crippen LogP contribution in [0, 0.1) is 18.3 Å². The molecule has 3 heteroatoms. The van der Waals surface area contributed by atoms with E-state index in [1.165, 1.54) is 0 Å². The molecule has 1 aromatic carbocycles. The minimum Gasteiger partial charge on any atom is -0.365 e. The molecule has 1 heterocycles. The number of aromatic nitrogens is 1. The van der Waals surface area contributed by atoms with E-state index in [4.69, 9.17) is 5.26 Å². The molecular weight excluding hydrogens is 234 g/mol. The maximum absolute atomic E-state index is 8.78. The smallest absolute Gasteiger partial charge is 0.0640 e. The van der Waals surface area contributed by atoms with Gasteiger partial charge in [0.1, 0.15) is 0 Å². The number of anilines is 1. The Morgan fingerprint density at radius 2 is 1.89 bits per heavy atom. The summed E-state index contributed by atoms with van der Waals surface area (Å²) in [6, 6.07) is 18.4. The lowest BCUT2D eigenvalue weighted by Gasteiger charge is -2.23. The number of benzene rings is 1. The number of hydrogen-bond donors (Lipinski definition) is 0. The van der Waals surface area contributed by atoms with Crippen LogP contribution in [0.25, 0.3) is 0 Å². The molecule has 96 valence electrons. The zero-order valence-electron chi connectivity index (χ0n) is 11.1. The molecule has 0 bridgehead atoms. The number of para-hydroxylation sites is 1. The second-order valence-corrected chi connectivity index (χ2v) is 4.44. The van der Waals surface area contributed by atoms with E-state index in [0.717, 1.165) is 30.2 Å². The molecule has 0 radical (unpaired) electrons. The molecule has 0 saturated carbocycles. The topological polar surface area (TPSA) is 39.9 Å². The standard InChI is InChI=1S/C16H17N3/c1-14-7-5-8-15(18-14)13-19(12-6-11-17)16-9-3-2-4-10-16/h2-5,7-10H,6,12-13H2,1H3. The Kier molecular flexibility index (Phi) is 4.52. The summed E-state index contributed by atoms with van der Waals surface area (Å²) in [5.41, 5.74) is 3.17. The molecule has 0 fully saturated rings. The summed E-state index contributed by atoms with van der Waals surface area (Å²) in [6.07, 6.45) is 0.515. The molecule has 0 aliphatic rings. The zero-order valence-corrected chi connectivity index (χ0v) is 11.1. The summed E-state index contributed by atoms with van der Waals surface area (Å²) in [7, 11) is 0. The lowest BCUT2D eigenvalue weighted by molar-refractivity contribution is 0.778. The van der Waals surface area contributed by atoms with Gasteiger partial charge in [-0.3, -0.25) is 4.98 Å². The van der Waals surface area contributed by atoms with Crippen LogP contribution >= 0.6 is 0 Å². The van der Waals surface area contributed by atoms with Crippen LogP contribution in [0.5, 0.6) is 0 Å². The fourth-order valence-corrected chi connectivity index (χ4v) is 2.01. The van der Waals surface area contributed by atoms with Gasteiger partial charge in [-0.05, 0) is 31.2 Å². The molecule has 0 saturated heterocycles. The molecule has 2 rings (SSSR count). The van der Waals surface area contributed by atoms with Crippen molar-refractivity contribution in [1.82, 2.24) is 4.98 Å². The normalized spacial score (nSPS) is 9.89. The highest BCUT2D eigenvalue weighted by molar-refractivity contribution is 5.46. The molecule has 0 aliphatic heterocycles. The molecule has 0 spiro atoms. The third kappa shape index (κ3) is 3.82. The Hall–Kier alpha value is -2.34. The quantitative estimate of drug-likeness (QED) is 0.818. The minimum atomic E-state index is 0.515. The second kappa shape index (κ2) is 6.55. The first kappa shape index (κ1) is 13.1. The van der Waals surface area contributed by atoms with Gasteiger partial charge in [0, 0.05) is 17.9 Å². The van der Waals surface area contributed by atoms with Crippen LogP contribution in [0.2, 0.25) is 0 Å². The van der Waals surface area contributed by atoms with Crippen molar-refractivity contribution < 1.29 is 0 Å². The van der Waals surface area contributed by atoms with Crippen molar-refractivity contribution in [2.24, 2.45) is 0 Å². The fourth-order valence-electron chi connectivity index (χ4n) is 2.01. The van der Waals surface area contributed by atoms with E-state index in [1.807, 2.05) is 43.3 Å². The van der Waals surface area contributed by atoms with Gasteiger partial charge in [-0.25, -0.2) is 0 Å². The van der Waals surface area contributed by atoms with Crippen molar-refractivity contribution in [3.63, 3.8) is 0 Å². The molecule has 1 aromatic heterocycles. The molecule has 0 atom stereocenters. The number of rotatable bonds is 5. The van der Waals surface area contributed by atoms with Crippen LogP contribution in [0.4, 0.5) is 5.69 Å². The Morgan fingerprint density at radius 1 is 1.11 bits per heavy atom. The van der Waals surface area contributed by atoms with Gasteiger partial charge in [-0.15, -0.1) is 0 Å². The summed E-state index contributed by atoms with van der Waals surface area (Å²) >= 11 is 0. The number of nitriles is 1. The third-order valence-corrected chi connectivity index (χ3v) is 2.91. The highest BCUT2D eigenvalue weighted by Gasteiger charge is 2.07. The van der Waals surface area contributed by atoms with E-state index in [-0.39, 0.29) is 0 Å². The number of aryl methyl sites for hydroxylation is 1. The number of hydrogen-bond acceptors (Lipinski definition) is 3. The summed E-state index contributed by atoms with van der Waals surface area (Å²) < 4.78 is 0. The molecule has 0 unspecified atom stereocenters. The number of nitrogens with zero attached hydrogens (tertiary/aromatic N) is 3. The molecular formula is C16H17N3. The van der Waals surface area contributed by atoms with E-state index >= 15 is 0 Å².